The number of nitrogens with two attached hydrogens (primary N) is 1. The van der Waals surface area contributed by atoms with Crippen LogP contribution in [0.4, 0.5) is 4.79 Å². The summed E-state index contributed by atoms with van der Waals surface area (Å²) >= 11 is 1.41. The van der Waals surface area contributed by atoms with Crippen molar-refractivity contribution < 1.29 is 33.3 Å². The number of H-pyrrole nitrogens is 1. The van der Waals surface area contributed by atoms with Gasteiger partial charge in [0.25, 0.3) is 0 Å². The van der Waals surface area contributed by atoms with Crippen molar-refractivity contribution in [3.05, 3.63) is 138 Å². The summed E-state index contributed by atoms with van der Waals surface area (Å²) < 4.78 is 25.0. The van der Waals surface area contributed by atoms with Crippen molar-refractivity contribution in [2.75, 3.05) is 19.0 Å². The van der Waals surface area contributed by atoms with Gasteiger partial charge in [0.2, 0.25) is 19.2 Å². The molecule has 0 spiro atoms. The summed E-state index contributed by atoms with van der Waals surface area (Å²) in [6.07, 6.45) is 0.588. The first-order chi connectivity index (χ1) is 25.1. The van der Waals surface area contributed by atoms with Gasteiger partial charge in [-0.15, -0.1) is 0 Å². The van der Waals surface area contributed by atoms with Crippen molar-refractivity contribution in [1.29, 1.82) is 0 Å². The minimum absolute atomic E-state index is 0.0207. The molecule has 3 unspecified atom stereocenters. The lowest BCUT2D eigenvalue weighted by Gasteiger charge is -2.28. The van der Waals surface area contributed by atoms with Crippen molar-refractivity contribution in [3.8, 4) is 5.75 Å². The van der Waals surface area contributed by atoms with E-state index in [2.05, 4.69) is 15.6 Å². The van der Waals surface area contributed by atoms with E-state index in [9.17, 15) is 23.8 Å². The molecule has 4 aromatic carbocycles. The molecular formula is C39H43N4O7PS. The molecule has 4 atom stereocenters. The zero-order valence-corrected chi connectivity index (χ0v) is 30.5. The Balaban J connectivity index is 1.35. The molecule has 272 valence electrons. The Kier molecular flexibility index (Phi) is 13.6. The maximum atomic E-state index is 14.4. The van der Waals surface area contributed by atoms with Gasteiger partial charge >= 0.3 is 6.09 Å². The van der Waals surface area contributed by atoms with Crippen molar-refractivity contribution >= 4 is 47.9 Å². The van der Waals surface area contributed by atoms with Crippen LogP contribution in [0.15, 0.2) is 115 Å². The highest BCUT2D eigenvalue weighted by atomic mass is 32.2. The molecule has 1 heterocycles. The first kappa shape index (κ1) is 38.2. The van der Waals surface area contributed by atoms with Gasteiger partial charge in [0.1, 0.15) is 24.2 Å². The van der Waals surface area contributed by atoms with Gasteiger partial charge < -0.3 is 35.7 Å². The molecule has 0 bridgehead atoms. The molecule has 0 aliphatic heterocycles. The summed E-state index contributed by atoms with van der Waals surface area (Å²) in [6, 6.07) is 32.1. The second-order valence-corrected chi connectivity index (χ2v) is 16.0. The highest BCUT2D eigenvalue weighted by Gasteiger charge is 2.38. The fourth-order valence-corrected chi connectivity index (χ4v) is 9.02. The number of carbonyl (C=O) groups is 3. The van der Waals surface area contributed by atoms with E-state index in [-0.39, 0.29) is 25.2 Å². The van der Waals surface area contributed by atoms with Crippen LogP contribution in [0.25, 0.3) is 10.9 Å². The predicted octanol–water partition coefficient (Wildman–Crippen LogP) is 6.00. The van der Waals surface area contributed by atoms with Crippen LogP contribution in [0.3, 0.4) is 0 Å². The van der Waals surface area contributed by atoms with Gasteiger partial charge in [-0.05, 0) is 40.5 Å². The molecule has 13 heteroatoms. The van der Waals surface area contributed by atoms with Gasteiger partial charge in [-0.25, -0.2) is 4.79 Å². The van der Waals surface area contributed by atoms with Crippen molar-refractivity contribution in [3.63, 3.8) is 0 Å². The normalized spacial score (nSPS) is 14.0. The number of ether oxygens (including phenoxy) is 2. The SMILES string of the molecule is COc1ccc(CSCC(CP(=O)(O)C(Cc2ccccc2)NC(=O)OCc2ccccc2)C(=O)N[C@@H](Cc2c[nH]c3ccccc23)C(N)=O)cc1. The van der Waals surface area contributed by atoms with Gasteiger partial charge in [-0.1, -0.05) is 91.0 Å². The summed E-state index contributed by atoms with van der Waals surface area (Å²) in [5, 5.41) is 6.28. The number of aromatic amines is 1. The van der Waals surface area contributed by atoms with E-state index in [1.165, 1.54) is 11.8 Å². The number of fused-ring (bicyclic) bond motifs is 1. The van der Waals surface area contributed by atoms with Crippen molar-refractivity contribution in [2.45, 2.75) is 37.0 Å². The summed E-state index contributed by atoms with van der Waals surface area (Å²) in [4.78, 5) is 54.6. The van der Waals surface area contributed by atoms with Gasteiger partial charge in [0.15, 0.2) is 0 Å². The number of methoxy groups -OCH3 is 1. The predicted molar refractivity (Wildman–Crippen MR) is 204 cm³/mol. The van der Waals surface area contributed by atoms with Crippen LogP contribution in [0.2, 0.25) is 0 Å². The average molecular weight is 743 g/mol. The Bertz CT molecular complexity index is 1980. The molecule has 52 heavy (non-hydrogen) atoms. The number of carbonyl (C=O) groups excluding carboxylic acids is 3. The minimum atomic E-state index is -4.33. The number of para-hydroxylation sites is 1. The van der Waals surface area contributed by atoms with Crippen molar-refractivity contribution in [1.82, 2.24) is 15.6 Å². The number of aromatic nitrogens is 1. The number of alkyl carbamates (subject to hydrolysis) is 1. The third-order valence-corrected chi connectivity index (χ3v) is 12.0. The number of nitrogens with one attached hydrogen (secondary N) is 3. The van der Waals surface area contributed by atoms with Crippen molar-refractivity contribution in [2.24, 2.45) is 11.7 Å². The highest BCUT2D eigenvalue weighted by molar-refractivity contribution is 7.98. The van der Waals surface area contributed by atoms with Crippen LogP contribution in [0, 0.1) is 5.92 Å². The molecule has 3 amide bonds. The molecule has 0 aliphatic rings. The Morgan fingerprint density at radius 3 is 2.17 bits per heavy atom. The summed E-state index contributed by atoms with van der Waals surface area (Å²) in [5.74, 6) is -2.25. The fourth-order valence-electron chi connectivity index (χ4n) is 5.76. The molecule has 6 N–H and O–H groups in total. The number of thioether (sulfide) groups is 1. The Labute approximate surface area is 307 Å². The van der Waals surface area contributed by atoms with E-state index in [1.54, 1.807) is 49.7 Å². The number of benzene rings is 4. The van der Waals surface area contributed by atoms with Crippen LogP contribution in [-0.4, -0.2) is 58.6 Å². The van der Waals surface area contributed by atoms with Gasteiger partial charge in [0.05, 0.1) is 13.0 Å². The maximum absolute atomic E-state index is 14.4. The number of primary amides is 1. The summed E-state index contributed by atoms with van der Waals surface area (Å²) in [7, 11) is -2.75. The Hall–Kier alpha value is -5.03. The molecule has 5 aromatic rings. The third-order valence-electron chi connectivity index (χ3n) is 8.61. The van der Waals surface area contributed by atoms with E-state index in [0.717, 1.165) is 27.6 Å². The molecule has 0 radical (unpaired) electrons. The van der Waals surface area contributed by atoms with E-state index in [1.807, 2.05) is 72.8 Å². The molecule has 1 aromatic heterocycles. The molecule has 0 saturated carbocycles. The van der Waals surface area contributed by atoms with Gasteiger partial charge in [-0.3, -0.25) is 14.2 Å². The standard InChI is InChI=1S/C39H43N4O7PS/c1-49-32-18-16-29(17-19-32)25-52-26-31(38(45)42-35(37(40)44)21-30-22-41-34-15-9-8-14-33(30)34)24-51(47,48)36(20-27-10-4-2-5-11-27)43-39(46)50-23-28-12-6-3-7-13-28/h2-19,22,31,35-36,41H,20-21,23-26H2,1H3,(H2,40,44)(H,42,45)(H,43,46)(H,47,48)/t31?,35-,36?/m0/s1. The second-order valence-electron chi connectivity index (χ2n) is 12.4. The fraction of sp³-hybridized carbons (Fsp3) is 0.256. The number of amides is 3. The van der Waals surface area contributed by atoms with Crippen LogP contribution in [0.1, 0.15) is 22.3 Å². The largest absolute Gasteiger partial charge is 0.497 e. The molecular weight excluding hydrogens is 699 g/mol. The summed E-state index contributed by atoms with van der Waals surface area (Å²) in [6.45, 7) is -0.0293. The van der Waals surface area contributed by atoms with Crippen LogP contribution >= 0.6 is 19.1 Å². The molecule has 11 nitrogen and oxygen atoms in total. The van der Waals surface area contributed by atoms with Crippen LogP contribution in [-0.2, 0) is 44.1 Å². The van der Waals surface area contributed by atoms with E-state index >= 15 is 0 Å². The molecule has 0 aliphatic carbocycles. The Morgan fingerprint density at radius 1 is 0.846 bits per heavy atom. The maximum Gasteiger partial charge on any atom is 0.408 e. The quantitative estimate of drug-likeness (QED) is 0.0680. The first-order valence-electron chi connectivity index (χ1n) is 16.8. The topological polar surface area (TPSA) is 173 Å². The monoisotopic (exact) mass is 742 g/mol. The molecule has 0 fully saturated rings. The lowest BCUT2D eigenvalue weighted by molar-refractivity contribution is -0.129. The molecule has 0 saturated heterocycles. The lowest BCUT2D eigenvalue weighted by atomic mass is 10.0. The third kappa shape index (κ3) is 11.0. The molecule has 5 rings (SSSR count). The van der Waals surface area contributed by atoms with E-state index in [4.69, 9.17) is 15.2 Å². The van der Waals surface area contributed by atoms with Gasteiger partial charge in [-0.2, -0.15) is 11.8 Å². The highest BCUT2D eigenvalue weighted by Crippen LogP contribution is 2.48. The van der Waals surface area contributed by atoms with Gasteiger partial charge in [0, 0.05) is 47.6 Å². The van der Waals surface area contributed by atoms with Crippen LogP contribution < -0.4 is 21.1 Å². The Morgan fingerprint density at radius 2 is 1.50 bits per heavy atom. The first-order valence-corrected chi connectivity index (χ1v) is 19.9. The lowest BCUT2D eigenvalue weighted by Crippen LogP contribution is -2.49. The number of hydrogen-bond acceptors (Lipinski definition) is 7. The summed E-state index contributed by atoms with van der Waals surface area (Å²) in [5.41, 5.74) is 9.89. The van der Waals surface area contributed by atoms with E-state index in [0.29, 0.717) is 17.1 Å². The zero-order chi connectivity index (χ0) is 36.9. The minimum Gasteiger partial charge on any atom is -0.497 e. The number of hydrogen-bond donors (Lipinski definition) is 5. The van der Waals surface area contributed by atoms with Crippen LogP contribution in [0.5, 0.6) is 5.75 Å². The zero-order valence-electron chi connectivity index (χ0n) is 28.8. The number of rotatable bonds is 18. The smallest absolute Gasteiger partial charge is 0.408 e. The average Bonchev–Trinajstić information content (AvgIpc) is 3.56. The second kappa shape index (κ2) is 18.5. The van der Waals surface area contributed by atoms with E-state index < -0.39 is 49.2 Å².